The summed E-state index contributed by atoms with van der Waals surface area (Å²) in [5.41, 5.74) is 1.43. The summed E-state index contributed by atoms with van der Waals surface area (Å²) in [4.78, 5) is 0. The van der Waals surface area contributed by atoms with Crippen LogP contribution in [0, 0.1) is 0 Å². The quantitative estimate of drug-likeness (QED) is 0.298. The first-order valence-corrected chi connectivity index (χ1v) is 9.35. The van der Waals surface area contributed by atoms with Crippen LogP contribution in [0.15, 0.2) is 30.3 Å². The zero-order valence-corrected chi connectivity index (χ0v) is 17.5. The monoisotopic (exact) mass is 417 g/mol. The maximum Gasteiger partial charge on any atom is 0.206 e. The highest BCUT2D eigenvalue weighted by atomic mass is 79.9. The van der Waals surface area contributed by atoms with E-state index in [-0.39, 0.29) is 23.3 Å². The Morgan fingerprint density at radius 1 is 0.840 bits per heavy atom. The molecule has 0 atom stereocenters. The molecule has 4 nitrogen and oxygen atoms in total. The number of rotatable bonds is 16. The first kappa shape index (κ1) is 24.5. The Morgan fingerprint density at radius 3 is 2.16 bits per heavy atom. The summed E-state index contributed by atoms with van der Waals surface area (Å²) in [5.74, 6) is 0. The van der Waals surface area contributed by atoms with Gasteiger partial charge in [-0.15, -0.1) is 0 Å². The van der Waals surface area contributed by atoms with Gasteiger partial charge in [0, 0.05) is 27.4 Å². The Bertz CT molecular complexity index is 374. The lowest BCUT2D eigenvalue weighted by Crippen LogP contribution is -3.00. The number of ether oxygens (including phenoxy) is 3. The van der Waals surface area contributed by atoms with Gasteiger partial charge in [-0.1, -0.05) is 36.8 Å². The van der Waals surface area contributed by atoms with Crippen LogP contribution >= 0.6 is 0 Å². The molecule has 0 aliphatic heterocycles. The van der Waals surface area contributed by atoms with Crippen LogP contribution in [0.25, 0.3) is 0 Å². The van der Waals surface area contributed by atoms with E-state index in [1.165, 1.54) is 37.7 Å². The van der Waals surface area contributed by atoms with E-state index >= 15 is 0 Å². The Labute approximate surface area is 164 Å². The SMILES string of the molecule is COC(C[NH2+]CCCCCCOCCCCc1ccccc1)OC.[Br-]. The summed E-state index contributed by atoms with van der Waals surface area (Å²) >= 11 is 0. The van der Waals surface area contributed by atoms with Gasteiger partial charge in [0.25, 0.3) is 0 Å². The Morgan fingerprint density at radius 2 is 1.48 bits per heavy atom. The largest absolute Gasteiger partial charge is 1.00 e. The van der Waals surface area contributed by atoms with Crippen molar-refractivity contribution in [1.29, 1.82) is 0 Å². The highest BCUT2D eigenvalue weighted by Crippen LogP contribution is 2.05. The zero-order chi connectivity index (χ0) is 17.3. The minimum absolute atomic E-state index is 0. The van der Waals surface area contributed by atoms with Gasteiger partial charge in [-0.2, -0.15) is 0 Å². The van der Waals surface area contributed by atoms with E-state index in [2.05, 4.69) is 35.6 Å². The molecule has 0 unspecified atom stereocenters. The third kappa shape index (κ3) is 14.4. The molecule has 0 heterocycles. The van der Waals surface area contributed by atoms with E-state index in [1.807, 2.05) is 0 Å². The van der Waals surface area contributed by atoms with Gasteiger partial charge in [0.1, 0.15) is 6.54 Å². The molecule has 0 aromatic heterocycles. The minimum Gasteiger partial charge on any atom is -1.00 e. The van der Waals surface area contributed by atoms with Crippen molar-refractivity contribution < 1.29 is 36.5 Å². The van der Waals surface area contributed by atoms with Crippen LogP contribution in [0.1, 0.15) is 44.1 Å². The Balaban J connectivity index is 0.00000576. The number of hydrogen-bond donors (Lipinski definition) is 1. The van der Waals surface area contributed by atoms with Crippen molar-refractivity contribution in [3.8, 4) is 0 Å². The number of aryl methyl sites for hydroxylation is 1. The lowest BCUT2D eigenvalue weighted by molar-refractivity contribution is -0.667. The average molecular weight is 418 g/mol. The van der Waals surface area contributed by atoms with Crippen molar-refractivity contribution in [3.05, 3.63) is 35.9 Å². The standard InChI is InChI=1S/C20H35NO3.BrH/c1-22-20(23-2)18-21-15-9-3-4-10-16-24-17-11-8-14-19-12-6-5-7-13-19;/h5-7,12-13,20-21H,3-4,8-11,14-18H2,1-2H3;1H. The molecule has 0 radical (unpaired) electrons. The van der Waals surface area contributed by atoms with Crippen LogP contribution in [-0.4, -0.2) is 46.8 Å². The van der Waals surface area contributed by atoms with Crippen LogP contribution in [-0.2, 0) is 20.6 Å². The molecule has 0 saturated heterocycles. The second kappa shape index (κ2) is 18.3. The number of hydrogen-bond acceptors (Lipinski definition) is 3. The predicted molar refractivity (Wildman–Crippen MR) is 98.1 cm³/mol. The summed E-state index contributed by atoms with van der Waals surface area (Å²) in [6.07, 6.45) is 8.41. The normalized spacial score (nSPS) is 10.8. The average Bonchev–Trinajstić information content (AvgIpc) is 2.63. The zero-order valence-electron chi connectivity index (χ0n) is 15.9. The molecule has 2 N–H and O–H groups in total. The molecule has 25 heavy (non-hydrogen) atoms. The van der Waals surface area contributed by atoms with E-state index in [9.17, 15) is 0 Å². The van der Waals surface area contributed by atoms with E-state index < -0.39 is 0 Å². The minimum atomic E-state index is -0.0831. The second-order valence-corrected chi connectivity index (χ2v) is 6.18. The molecule has 1 rings (SSSR count). The van der Waals surface area contributed by atoms with Gasteiger partial charge in [-0.3, -0.25) is 0 Å². The molecule has 0 aliphatic carbocycles. The molecule has 1 aromatic carbocycles. The summed E-state index contributed by atoms with van der Waals surface area (Å²) < 4.78 is 16.0. The van der Waals surface area contributed by atoms with Gasteiger partial charge < -0.3 is 36.5 Å². The fourth-order valence-corrected chi connectivity index (χ4v) is 2.67. The fourth-order valence-electron chi connectivity index (χ4n) is 2.67. The van der Waals surface area contributed by atoms with E-state index in [1.54, 1.807) is 14.2 Å². The number of methoxy groups -OCH3 is 2. The topological polar surface area (TPSA) is 44.3 Å². The molecule has 0 bridgehead atoms. The summed E-state index contributed by atoms with van der Waals surface area (Å²) in [6.45, 7) is 3.82. The predicted octanol–water partition coefficient (Wildman–Crippen LogP) is -0.227. The molecule has 1 aromatic rings. The summed E-state index contributed by atoms with van der Waals surface area (Å²) in [7, 11) is 3.37. The number of benzene rings is 1. The van der Waals surface area contributed by atoms with E-state index in [4.69, 9.17) is 14.2 Å². The van der Waals surface area contributed by atoms with Crippen molar-refractivity contribution in [2.45, 2.75) is 51.2 Å². The van der Waals surface area contributed by atoms with Gasteiger partial charge in [0.05, 0.1) is 6.54 Å². The van der Waals surface area contributed by atoms with Crippen LogP contribution in [0.3, 0.4) is 0 Å². The molecule has 0 fully saturated rings. The second-order valence-electron chi connectivity index (χ2n) is 6.18. The van der Waals surface area contributed by atoms with Crippen LogP contribution in [0.2, 0.25) is 0 Å². The van der Waals surface area contributed by atoms with Gasteiger partial charge in [0.2, 0.25) is 6.29 Å². The van der Waals surface area contributed by atoms with Gasteiger partial charge in [0.15, 0.2) is 0 Å². The molecule has 0 aliphatic rings. The molecule has 5 heteroatoms. The van der Waals surface area contributed by atoms with Crippen molar-refractivity contribution in [2.75, 3.05) is 40.5 Å². The van der Waals surface area contributed by atoms with Gasteiger partial charge >= 0.3 is 0 Å². The summed E-state index contributed by atoms with van der Waals surface area (Å²) in [5, 5.41) is 2.26. The maximum atomic E-state index is 5.72. The third-order valence-corrected chi connectivity index (χ3v) is 4.18. The fraction of sp³-hybridized carbons (Fsp3) is 0.700. The lowest BCUT2D eigenvalue weighted by atomic mass is 10.1. The van der Waals surface area contributed by atoms with Crippen LogP contribution in [0.5, 0.6) is 0 Å². The number of unbranched alkanes of at least 4 members (excludes halogenated alkanes) is 4. The lowest BCUT2D eigenvalue weighted by Gasteiger charge is -2.11. The van der Waals surface area contributed by atoms with Crippen molar-refractivity contribution in [3.63, 3.8) is 0 Å². The first-order valence-electron chi connectivity index (χ1n) is 9.35. The van der Waals surface area contributed by atoms with Crippen LogP contribution < -0.4 is 22.3 Å². The number of quaternary nitrogens is 1. The van der Waals surface area contributed by atoms with Crippen molar-refractivity contribution >= 4 is 0 Å². The third-order valence-electron chi connectivity index (χ3n) is 4.18. The maximum absolute atomic E-state index is 5.72. The number of nitrogens with two attached hydrogens (primary N) is 1. The first-order chi connectivity index (χ1) is 11.9. The van der Waals surface area contributed by atoms with Crippen molar-refractivity contribution in [1.82, 2.24) is 0 Å². The molecule has 0 amide bonds. The van der Waals surface area contributed by atoms with Crippen molar-refractivity contribution in [2.24, 2.45) is 0 Å². The molecule has 146 valence electrons. The van der Waals surface area contributed by atoms with Gasteiger partial charge in [-0.05, 0) is 44.1 Å². The smallest absolute Gasteiger partial charge is 0.206 e. The highest BCUT2D eigenvalue weighted by Gasteiger charge is 2.05. The molecule has 0 spiro atoms. The van der Waals surface area contributed by atoms with Crippen LogP contribution in [0.4, 0.5) is 0 Å². The molecular formula is C20H36BrNO3. The van der Waals surface area contributed by atoms with E-state index in [0.29, 0.717) is 0 Å². The molecule has 0 saturated carbocycles. The Kier molecular flexibility index (Phi) is 18.0. The number of halogens is 1. The summed E-state index contributed by atoms with van der Waals surface area (Å²) in [6, 6.07) is 10.7. The Hall–Kier alpha value is -0.460. The van der Waals surface area contributed by atoms with Gasteiger partial charge in [-0.25, -0.2) is 0 Å². The highest BCUT2D eigenvalue weighted by molar-refractivity contribution is 5.14. The molecular weight excluding hydrogens is 382 g/mol. The van der Waals surface area contributed by atoms with E-state index in [0.717, 1.165) is 39.1 Å².